The van der Waals surface area contributed by atoms with Gasteiger partial charge in [-0.25, -0.2) is 14.8 Å². The number of nitrogens with zero attached hydrogens (tertiary/aromatic N) is 3. The number of ether oxygens (including phenoxy) is 1. The van der Waals surface area contributed by atoms with Crippen LogP contribution < -0.4 is 5.32 Å². The van der Waals surface area contributed by atoms with Gasteiger partial charge in [-0.1, -0.05) is 6.07 Å². The van der Waals surface area contributed by atoms with Crippen molar-refractivity contribution < 1.29 is 19.1 Å². The normalized spacial score (nSPS) is 14.2. The molecule has 2 amide bonds. The maximum Gasteiger partial charge on any atom is 0.337 e. The van der Waals surface area contributed by atoms with Crippen molar-refractivity contribution in [2.45, 2.75) is 32.6 Å². The summed E-state index contributed by atoms with van der Waals surface area (Å²) in [7, 11) is 1.31. The Hall–Kier alpha value is -3.11. The number of rotatable bonds is 5. The van der Waals surface area contributed by atoms with E-state index in [1.54, 1.807) is 29.6 Å². The molecule has 1 N–H and O–H groups in total. The van der Waals surface area contributed by atoms with Crippen molar-refractivity contribution >= 4 is 46.1 Å². The number of esters is 1. The molecule has 2 aromatic heterocycles. The topological polar surface area (TPSA) is 101 Å². The molecule has 4 rings (SSSR count). The van der Waals surface area contributed by atoms with Crippen LogP contribution in [0.1, 0.15) is 65.0 Å². The van der Waals surface area contributed by atoms with E-state index in [4.69, 9.17) is 4.74 Å². The van der Waals surface area contributed by atoms with Crippen molar-refractivity contribution in [2.75, 3.05) is 25.5 Å². The van der Waals surface area contributed by atoms with Gasteiger partial charge in [0.15, 0.2) is 0 Å². The van der Waals surface area contributed by atoms with E-state index in [0.29, 0.717) is 30.0 Å². The van der Waals surface area contributed by atoms with Crippen LogP contribution in [-0.4, -0.2) is 52.9 Å². The van der Waals surface area contributed by atoms with E-state index < -0.39 is 5.97 Å². The Morgan fingerprint density at radius 1 is 1.15 bits per heavy atom. The Morgan fingerprint density at radius 2 is 1.91 bits per heavy atom. The average molecular weight is 485 g/mol. The van der Waals surface area contributed by atoms with Gasteiger partial charge < -0.3 is 15.0 Å². The number of anilines is 1. The molecule has 0 unspecified atom stereocenters. The summed E-state index contributed by atoms with van der Waals surface area (Å²) in [6.07, 6.45) is 1.61. The Bertz CT molecular complexity index is 1190. The first-order chi connectivity index (χ1) is 15.9. The quantitative estimate of drug-likeness (QED) is 0.543. The van der Waals surface area contributed by atoms with E-state index in [9.17, 15) is 14.4 Å². The molecule has 0 bridgehead atoms. The van der Waals surface area contributed by atoms with Crippen molar-refractivity contribution in [1.82, 2.24) is 14.9 Å². The second-order valence-corrected chi connectivity index (χ2v) is 9.90. The summed E-state index contributed by atoms with van der Waals surface area (Å²) in [5.74, 6) is -0.534. The minimum atomic E-state index is -0.465. The number of hydrogen-bond donors (Lipinski definition) is 1. The first kappa shape index (κ1) is 23.1. The van der Waals surface area contributed by atoms with Gasteiger partial charge in [-0.05, 0) is 44.9 Å². The molecule has 33 heavy (non-hydrogen) atoms. The van der Waals surface area contributed by atoms with E-state index in [1.807, 2.05) is 18.7 Å². The number of nitrogens with one attached hydrogen (secondary N) is 1. The summed E-state index contributed by atoms with van der Waals surface area (Å²) in [5.41, 5.74) is 1.99. The fourth-order valence-electron chi connectivity index (χ4n) is 3.82. The predicted octanol–water partition coefficient (Wildman–Crippen LogP) is 4.28. The van der Waals surface area contributed by atoms with E-state index in [-0.39, 0.29) is 17.7 Å². The van der Waals surface area contributed by atoms with Crippen LogP contribution >= 0.6 is 22.7 Å². The molecule has 10 heteroatoms. The first-order valence-corrected chi connectivity index (χ1v) is 12.2. The monoisotopic (exact) mass is 484 g/mol. The molecule has 1 aliphatic rings. The van der Waals surface area contributed by atoms with E-state index in [1.165, 1.54) is 29.8 Å². The highest BCUT2D eigenvalue weighted by Gasteiger charge is 2.28. The molecule has 3 aromatic rings. The fourth-order valence-corrected chi connectivity index (χ4v) is 5.68. The zero-order valence-corrected chi connectivity index (χ0v) is 20.2. The molecule has 1 aromatic carbocycles. The van der Waals surface area contributed by atoms with Gasteiger partial charge in [-0.2, -0.15) is 0 Å². The van der Waals surface area contributed by atoms with Gasteiger partial charge in [-0.3, -0.25) is 9.59 Å². The average Bonchev–Trinajstić information content (AvgIpc) is 3.45. The lowest BCUT2D eigenvalue weighted by molar-refractivity contribution is 0.0600. The smallest absolute Gasteiger partial charge is 0.337 e. The van der Waals surface area contributed by atoms with Crippen molar-refractivity contribution in [3.63, 3.8) is 0 Å². The first-order valence-electron chi connectivity index (χ1n) is 10.5. The van der Waals surface area contributed by atoms with Crippen molar-refractivity contribution in [3.05, 3.63) is 61.5 Å². The molecule has 1 aliphatic heterocycles. The molecular formula is C23H24N4O4S2. The molecule has 1 saturated heterocycles. The predicted molar refractivity (Wildman–Crippen MR) is 127 cm³/mol. The Morgan fingerprint density at radius 3 is 2.58 bits per heavy atom. The Kier molecular flexibility index (Phi) is 6.85. The van der Waals surface area contributed by atoms with Crippen molar-refractivity contribution in [3.8, 4) is 0 Å². The molecule has 0 radical (unpaired) electrons. The third-order valence-corrected chi connectivity index (χ3v) is 7.59. The highest BCUT2D eigenvalue weighted by Crippen LogP contribution is 2.32. The molecule has 0 spiro atoms. The van der Waals surface area contributed by atoms with Crippen LogP contribution in [0.25, 0.3) is 0 Å². The number of amides is 2. The van der Waals surface area contributed by atoms with Gasteiger partial charge in [0.2, 0.25) is 0 Å². The highest BCUT2D eigenvalue weighted by molar-refractivity contribution is 7.13. The zero-order chi connectivity index (χ0) is 23.5. The van der Waals surface area contributed by atoms with Crippen LogP contribution in [0, 0.1) is 13.8 Å². The van der Waals surface area contributed by atoms with Crippen LogP contribution in [-0.2, 0) is 4.74 Å². The minimum absolute atomic E-state index is 0.0462. The van der Waals surface area contributed by atoms with Gasteiger partial charge in [0.05, 0.1) is 28.4 Å². The zero-order valence-electron chi connectivity index (χ0n) is 18.6. The summed E-state index contributed by atoms with van der Waals surface area (Å²) < 4.78 is 4.72. The number of benzene rings is 1. The molecule has 0 atom stereocenters. The Labute approximate surface area is 199 Å². The number of piperidine rings is 1. The number of hydrogen-bond acceptors (Lipinski definition) is 8. The summed E-state index contributed by atoms with van der Waals surface area (Å²) in [5, 5.41) is 6.33. The summed E-state index contributed by atoms with van der Waals surface area (Å²) >= 11 is 2.90. The summed E-state index contributed by atoms with van der Waals surface area (Å²) in [6, 6.07) is 6.57. The molecule has 172 valence electrons. The lowest BCUT2D eigenvalue weighted by Gasteiger charge is -2.30. The molecule has 1 fully saturated rings. The number of thiazole rings is 2. The maximum atomic E-state index is 12.8. The van der Waals surface area contributed by atoms with Crippen LogP contribution in [0.3, 0.4) is 0 Å². The molecule has 8 nitrogen and oxygen atoms in total. The number of aromatic nitrogens is 2. The van der Waals surface area contributed by atoms with Gasteiger partial charge >= 0.3 is 5.97 Å². The standard InChI is InChI=1S/C23H24N4O4S2/c1-13-19(33-14(2)24-13)22(29)27-9-7-15(8-10-27)21-26-18(12-32-21)20(28)25-17-6-4-5-16(11-17)23(30)31-3/h4-6,11-12,15H,7-10H2,1-3H3,(H,25,28). The van der Waals surface area contributed by atoms with Gasteiger partial charge in [0.25, 0.3) is 11.8 Å². The van der Waals surface area contributed by atoms with E-state index in [0.717, 1.165) is 33.4 Å². The molecular weight excluding hydrogens is 460 g/mol. The third kappa shape index (κ3) is 5.12. The molecule has 0 saturated carbocycles. The van der Waals surface area contributed by atoms with Crippen molar-refractivity contribution in [2.24, 2.45) is 0 Å². The second-order valence-electron chi connectivity index (χ2n) is 7.81. The number of carbonyl (C=O) groups is 3. The van der Waals surface area contributed by atoms with Crippen molar-refractivity contribution in [1.29, 1.82) is 0 Å². The highest BCUT2D eigenvalue weighted by atomic mass is 32.1. The molecule has 3 heterocycles. The lowest BCUT2D eigenvalue weighted by Crippen LogP contribution is -2.37. The van der Waals surface area contributed by atoms with Gasteiger partial charge in [0, 0.05) is 30.1 Å². The van der Waals surface area contributed by atoms with Gasteiger partial charge in [0.1, 0.15) is 10.6 Å². The van der Waals surface area contributed by atoms with Crippen LogP contribution in [0.2, 0.25) is 0 Å². The van der Waals surface area contributed by atoms with Crippen LogP contribution in [0.4, 0.5) is 5.69 Å². The number of aryl methyl sites for hydroxylation is 2. The number of carbonyl (C=O) groups excluding carboxylic acids is 3. The Balaban J connectivity index is 1.36. The third-order valence-electron chi connectivity index (χ3n) is 5.53. The lowest BCUT2D eigenvalue weighted by atomic mass is 9.97. The van der Waals surface area contributed by atoms with E-state index >= 15 is 0 Å². The van der Waals surface area contributed by atoms with Crippen LogP contribution in [0.5, 0.6) is 0 Å². The van der Waals surface area contributed by atoms with E-state index in [2.05, 4.69) is 15.3 Å². The largest absolute Gasteiger partial charge is 0.465 e. The van der Waals surface area contributed by atoms with Gasteiger partial charge in [-0.15, -0.1) is 22.7 Å². The number of likely N-dealkylation sites (tertiary alicyclic amines) is 1. The summed E-state index contributed by atoms with van der Waals surface area (Å²) in [6.45, 7) is 5.09. The molecule has 0 aliphatic carbocycles. The summed E-state index contributed by atoms with van der Waals surface area (Å²) in [4.78, 5) is 48.7. The number of methoxy groups -OCH3 is 1. The maximum absolute atomic E-state index is 12.8. The second kappa shape index (κ2) is 9.80. The SMILES string of the molecule is COC(=O)c1cccc(NC(=O)c2csc(C3CCN(C(=O)c4sc(C)nc4C)CC3)n2)c1. The fraction of sp³-hybridized carbons (Fsp3) is 0.348. The minimum Gasteiger partial charge on any atom is -0.465 e. The van der Waals surface area contributed by atoms with Crippen LogP contribution in [0.15, 0.2) is 29.6 Å².